The molecule has 5 rings (SSSR count). The second-order valence-electron chi connectivity index (χ2n) is 6.72. The predicted octanol–water partition coefficient (Wildman–Crippen LogP) is 5.12. The van der Waals surface area contributed by atoms with Gasteiger partial charge in [0.2, 0.25) is 0 Å². The number of carbonyl (C=O) groups is 1. The van der Waals surface area contributed by atoms with Crippen molar-refractivity contribution >= 4 is 55.0 Å². The molecule has 1 unspecified atom stereocenters. The molecule has 0 bridgehead atoms. The maximum Gasteiger partial charge on any atom is 0.186 e. The Morgan fingerprint density at radius 1 is 1.31 bits per heavy atom. The Kier molecular flexibility index (Phi) is 3.55. The number of Topliss-reactive ketones (excluding diaryl/α,β-unsaturated/α-hetero) is 1. The third kappa shape index (κ3) is 2.42. The SMILES string of the molecule is CC(=O)C1CN(c2nc3ccccc3s2)Cc2[nH]c3ccc(Cl)cc3c21. The summed E-state index contributed by atoms with van der Waals surface area (Å²) in [6, 6.07) is 13.9. The highest BCUT2D eigenvalue weighted by atomic mass is 35.5. The van der Waals surface area contributed by atoms with Gasteiger partial charge in [-0.15, -0.1) is 0 Å². The average Bonchev–Trinajstić information content (AvgIpc) is 3.21. The van der Waals surface area contributed by atoms with Crippen LogP contribution in [-0.2, 0) is 11.3 Å². The topological polar surface area (TPSA) is 49.0 Å². The number of rotatable bonds is 2. The minimum absolute atomic E-state index is 0.165. The van der Waals surface area contributed by atoms with Crippen LogP contribution in [0.25, 0.3) is 21.1 Å². The summed E-state index contributed by atoms with van der Waals surface area (Å²) < 4.78 is 1.16. The van der Waals surface area contributed by atoms with Gasteiger partial charge in [-0.1, -0.05) is 35.1 Å². The second-order valence-corrected chi connectivity index (χ2v) is 8.16. The van der Waals surface area contributed by atoms with E-state index in [9.17, 15) is 4.79 Å². The number of ketones is 1. The summed E-state index contributed by atoms with van der Waals surface area (Å²) in [6.07, 6.45) is 0. The first kappa shape index (κ1) is 15.9. The number of hydrogen-bond donors (Lipinski definition) is 1. The number of halogens is 1. The molecule has 0 aliphatic carbocycles. The largest absolute Gasteiger partial charge is 0.357 e. The van der Waals surface area contributed by atoms with E-state index in [0.29, 0.717) is 18.1 Å². The van der Waals surface area contributed by atoms with Crippen molar-refractivity contribution in [3.8, 4) is 0 Å². The number of H-pyrrole nitrogens is 1. The number of nitrogens with one attached hydrogen (secondary N) is 1. The summed E-state index contributed by atoms with van der Waals surface area (Å²) >= 11 is 7.87. The first-order valence-corrected chi connectivity index (χ1v) is 9.70. The molecule has 4 aromatic rings. The normalized spacial score (nSPS) is 17.0. The third-order valence-corrected chi connectivity index (χ3v) is 6.36. The van der Waals surface area contributed by atoms with Crippen molar-refractivity contribution in [2.45, 2.75) is 19.4 Å². The number of thiazole rings is 1. The minimum atomic E-state index is -0.182. The Morgan fingerprint density at radius 2 is 2.15 bits per heavy atom. The number of aromatic amines is 1. The Bertz CT molecular complexity index is 1130. The number of para-hydroxylation sites is 1. The number of anilines is 1. The molecular formula is C20H16ClN3OS. The van der Waals surface area contributed by atoms with Crippen LogP contribution in [0.1, 0.15) is 24.1 Å². The van der Waals surface area contributed by atoms with Gasteiger partial charge in [0.15, 0.2) is 5.13 Å². The quantitative estimate of drug-likeness (QED) is 0.524. The van der Waals surface area contributed by atoms with E-state index in [0.717, 1.165) is 37.5 Å². The predicted molar refractivity (Wildman–Crippen MR) is 107 cm³/mol. The lowest BCUT2D eigenvalue weighted by Crippen LogP contribution is -2.36. The number of fused-ring (bicyclic) bond motifs is 4. The molecule has 0 radical (unpaired) electrons. The number of benzene rings is 2. The molecule has 1 aliphatic rings. The Labute approximate surface area is 159 Å². The lowest BCUT2D eigenvalue weighted by Gasteiger charge is -2.31. The molecule has 2 aromatic heterocycles. The van der Waals surface area contributed by atoms with E-state index in [2.05, 4.69) is 16.0 Å². The van der Waals surface area contributed by atoms with Crippen LogP contribution in [0.4, 0.5) is 5.13 Å². The van der Waals surface area contributed by atoms with Crippen LogP contribution < -0.4 is 4.90 Å². The maximum absolute atomic E-state index is 12.4. The molecule has 1 N–H and O–H groups in total. The number of hydrogen-bond acceptors (Lipinski definition) is 4. The van der Waals surface area contributed by atoms with Crippen molar-refractivity contribution in [3.05, 3.63) is 58.7 Å². The first-order valence-electron chi connectivity index (χ1n) is 8.51. The fourth-order valence-corrected chi connectivity index (χ4v) is 4.95. The molecule has 0 saturated heterocycles. The number of nitrogens with zero attached hydrogens (tertiary/aromatic N) is 2. The molecule has 2 aromatic carbocycles. The van der Waals surface area contributed by atoms with Gasteiger partial charge in [0.05, 0.1) is 22.7 Å². The summed E-state index contributed by atoms with van der Waals surface area (Å²) in [5.74, 6) is -0.0177. The summed E-state index contributed by atoms with van der Waals surface area (Å²) in [6.45, 7) is 3.02. The van der Waals surface area contributed by atoms with E-state index in [1.54, 1.807) is 18.3 Å². The molecule has 0 amide bonds. The van der Waals surface area contributed by atoms with E-state index in [1.807, 2.05) is 36.4 Å². The Morgan fingerprint density at radius 3 is 2.96 bits per heavy atom. The minimum Gasteiger partial charge on any atom is -0.357 e. The number of carbonyl (C=O) groups excluding carboxylic acids is 1. The average molecular weight is 382 g/mol. The van der Waals surface area contributed by atoms with E-state index in [-0.39, 0.29) is 11.7 Å². The van der Waals surface area contributed by atoms with E-state index in [4.69, 9.17) is 16.6 Å². The highest BCUT2D eigenvalue weighted by molar-refractivity contribution is 7.22. The van der Waals surface area contributed by atoms with Crippen molar-refractivity contribution in [3.63, 3.8) is 0 Å². The fourth-order valence-electron chi connectivity index (χ4n) is 3.80. The van der Waals surface area contributed by atoms with Gasteiger partial charge in [-0.3, -0.25) is 4.79 Å². The van der Waals surface area contributed by atoms with Crippen LogP contribution in [-0.4, -0.2) is 22.3 Å². The van der Waals surface area contributed by atoms with Gasteiger partial charge in [0.1, 0.15) is 5.78 Å². The Hall–Kier alpha value is -2.37. The zero-order valence-electron chi connectivity index (χ0n) is 14.1. The van der Waals surface area contributed by atoms with Crippen LogP contribution in [0.3, 0.4) is 0 Å². The zero-order chi connectivity index (χ0) is 17.8. The maximum atomic E-state index is 12.4. The van der Waals surface area contributed by atoms with Gasteiger partial charge in [-0.05, 0) is 42.8 Å². The van der Waals surface area contributed by atoms with Crippen LogP contribution in [0.5, 0.6) is 0 Å². The van der Waals surface area contributed by atoms with Crippen molar-refractivity contribution < 1.29 is 4.79 Å². The van der Waals surface area contributed by atoms with Crippen LogP contribution in [0.2, 0.25) is 5.02 Å². The molecule has 0 saturated carbocycles. The van der Waals surface area contributed by atoms with Crippen LogP contribution in [0.15, 0.2) is 42.5 Å². The summed E-state index contributed by atoms with van der Waals surface area (Å²) in [7, 11) is 0. The smallest absolute Gasteiger partial charge is 0.186 e. The molecule has 0 spiro atoms. The highest BCUT2D eigenvalue weighted by Gasteiger charge is 2.33. The van der Waals surface area contributed by atoms with Crippen molar-refractivity contribution in [1.82, 2.24) is 9.97 Å². The van der Waals surface area contributed by atoms with E-state index in [1.165, 1.54) is 0 Å². The van der Waals surface area contributed by atoms with Crippen LogP contribution in [0, 0.1) is 0 Å². The standard InChI is InChI=1S/C20H16ClN3OS/c1-11(25)14-9-24(20-23-16-4-2-3-5-18(16)26-20)10-17-19(14)13-8-12(21)6-7-15(13)22-17/h2-8,14,22H,9-10H2,1H3. The fraction of sp³-hybridized carbons (Fsp3) is 0.200. The summed E-state index contributed by atoms with van der Waals surface area (Å²) in [4.78, 5) is 22.9. The molecule has 1 aliphatic heterocycles. The Balaban J connectivity index is 1.64. The molecule has 1 atom stereocenters. The summed E-state index contributed by atoms with van der Waals surface area (Å²) in [5, 5.41) is 2.70. The highest BCUT2D eigenvalue weighted by Crippen LogP contribution is 2.39. The van der Waals surface area contributed by atoms with Crippen molar-refractivity contribution in [2.75, 3.05) is 11.4 Å². The van der Waals surface area contributed by atoms with Gasteiger partial charge in [-0.25, -0.2) is 4.98 Å². The van der Waals surface area contributed by atoms with E-state index < -0.39 is 0 Å². The lowest BCUT2D eigenvalue weighted by atomic mass is 9.89. The molecular weight excluding hydrogens is 366 g/mol. The zero-order valence-corrected chi connectivity index (χ0v) is 15.7. The third-order valence-electron chi connectivity index (χ3n) is 5.03. The summed E-state index contributed by atoms with van der Waals surface area (Å²) in [5.41, 5.74) is 4.19. The molecule has 6 heteroatoms. The van der Waals surface area contributed by atoms with Gasteiger partial charge in [0.25, 0.3) is 0 Å². The van der Waals surface area contributed by atoms with E-state index >= 15 is 0 Å². The van der Waals surface area contributed by atoms with Crippen LogP contribution >= 0.6 is 22.9 Å². The van der Waals surface area contributed by atoms with Gasteiger partial charge in [0, 0.05) is 28.2 Å². The number of aromatic nitrogens is 2. The molecule has 26 heavy (non-hydrogen) atoms. The van der Waals surface area contributed by atoms with Crippen molar-refractivity contribution in [1.29, 1.82) is 0 Å². The molecule has 130 valence electrons. The second kappa shape index (κ2) is 5.83. The van der Waals surface area contributed by atoms with Crippen molar-refractivity contribution in [2.24, 2.45) is 0 Å². The lowest BCUT2D eigenvalue weighted by molar-refractivity contribution is -0.118. The van der Waals surface area contributed by atoms with Gasteiger partial charge < -0.3 is 9.88 Å². The molecule has 0 fully saturated rings. The molecule has 3 heterocycles. The molecule has 4 nitrogen and oxygen atoms in total. The monoisotopic (exact) mass is 381 g/mol. The van der Waals surface area contributed by atoms with Gasteiger partial charge >= 0.3 is 0 Å². The first-order chi connectivity index (χ1) is 12.6. The van der Waals surface area contributed by atoms with Gasteiger partial charge in [-0.2, -0.15) is 0 Å².